The quantitative estimate of drug-likeness (QED) is 0.353. The third-order valence-electron chi connectivity index (χ3n) is 3.68. The van der Waals surface area contributed by atoms with E-state index in [9.17, 15) is 0 Å². The Kier molecular flexibility index (Phi) is 3.64. The minimum absolute atomic E-state index is 1.04. The molecule has 2 heteroatoms. The molecule has 0 spiro atoms. The number of hydrogen-bond donors (Lipinski definition) is 0. The fourth-order valence-corrected chi connectivity index (χ4v) is 4.51. The van der Waals surface area contributed by atoms with E-state index in [1.807, 2.05) is 37.3 Å². The van der Waals surface area contributed by atoms with Gasteiger partial charge < -0.3 is 0 Å². The summed E-state index contributed by atoms with van der Waals surface area (Å²) >= 11 is 3.48. The molecular formula is C21H12S2. The van der Waals surface area contributed by atoms with Crippen molar-refractivity contribution >= 4 is 42.8 Å². The summed E-state index contributed by atoms with van der Waals surface area (Å²) in [6, 6.07) is 14.5. The Bertz CT molecular complexity index is 1070. The molecule has 0 N–H and O–H groups in total. The SMILES string of the molecule is CC#Cc1c2ccsc2c(C#Cc2ccccc2)c2ccsc12. The molecule has 0 aliphatic heterocycles. The zero-order valence-corrected chi connectivity index (χ0v) is 14.1. The summed E-state index contributed by atoms with van der Waals surface area (Å²) in [5.74, 6) is 13.0. The van der Waals surface area contributed by atoms with E-state index in [0.717, 1.165) is 16.7 Å². The van der Waals surface area contributed by atoms with Gasteiger partial charge >= 0.3 is 0 Å². The highest BCUT2D eigenvalue weighted by molar-refractivity contribution is 7.19. The van der Waals surface area contributed by atoms with Gasteiger partial charge in [-0.2, -0.15) is 0 Å². The molecule has 0 fully saturated rings. The van der Waals surface area contributed by atoms with Gasteiger partial charge in [0.1, 0.15) is 0 Å². The second-order valence-electron chi connectivity index (χ2n) is 5.07. The molecular weight excluding hydrogens is 316 g/mol. The zero-order chi connectivity index (χ0) is 15.6. The van der Waals surface area contributed by atoms with Gasteiger partial charge in [0, 0.05) is 16.3 Å². The van der Waals surface area contributed by atoms with Gasteiger partial charge in [0.25, 0.3) is 0 Å². The Balaban J connectivity index is 2.04. The van der Waals surface area contributed by atoms with Crippen LogP contribution < -0.4 is 0 Å². The van der Waals surface area contributed by atoms with E-state index >= 15 is 0 Å². The highest BCUT2D eigenvalue weighted by atomic mass is 32.1. The lowest BCUT2D eigenvalue weighted by Gasteiger charge is -2.03. The van der Waals surface area contributed by atoms with Gasteiger partial charge in [0.15, 0.2) is 0 Å². The average Bonchev–Trinajstić information content (AvgIpc) is 3.24. The highest BCUT2D eigenvalue weighted by Crippen LogP contribution is 2.37. The fraction of sp³-hybridized carbons (Fsp3) is 0.0476. The maximum atomic E-state index is 3.41. The monoisotopic (exact) mass is 328 g/mol. The first-order valence-corrected chi connectivity index (χ1v) is 9.04. The molecule has 2 aromatic carbocycles. The van der Waals surface area contributed by atoms with Crippen LogP contribution in [0.2, 0.25) is 0 Å². The smallest absolute Gasteiger partial charge is 0.0519 e. The molecule has 108 valence electrons. The van der Waals surface area contributed by atoms with Crippen molar-refractivity contribution in [2.24, 2.45) is 0 Å². The van der Waals surface area contributed by atoms with Gasteiger partial charge in [-0.1, -0.05) is 36.0 Å². The van der Waals surface area contributed by atoms with Crippen molar-refractivity contribution in [1.82, 2.24) is 0 Å². The van der Waals surface area contributed by atoms with Crippen LogP contribution in [0.3, 0.4) is 0 Å². The molecule has 2 aromatic heterocycles. The molecule has 0 saturated heterocycles. The molecule has 4 rings (SSSR count). The third kappa shape index (κ3) is 2.43. The van der Waals surface area contributed by atoms with E-state index in [2.05, 4.69) is 46.6 Å². The number of rotatable bonds is 0. The van der Waals surface area contributed by atoms with Crippen LogP contribution in [-0.2, 0) is 0 Å². The van der Waals surface area contributed by atoms with Gasteiger partial charge in [-0.05, 0) is 41.9 Å². The third-order valence-corrected chi connectivity index (χ3v) is 5.54. The van der Waals surface area contributed by atoms with Crippen molar-refractivity contribution in [3.8, 4) is 23.7 Å². The van der Waals surface area contributed by atoms with E-state index in [4.69, 9.17) is 0 Å². The molecule has 0 aliphatic rings. The number of thiophene rings is 2. The van der Waals surface area contributed by atoms with Crippen molar-refractivity contribution in [3.05, 3.63) is 69.9 Å². The molecule has 0 nitrogen and oxygen atoms in total. The second kappa shape index (κ2) is 5.94. The van der Waals surface area contributed by atoms with Crippen LogP contribution in [0.5, 0.6) is 0 Å². The number of benzene rings is 2. The Hall–Kier alpha value is -2.52. The summed E-state index contributed by atoms with van der Waals surface area (Å²) in [6.45, 7) is 1.89. The molecule has 0 aliphatic carbocycles. The zero-order valence-electron chi connectivity index (χ0n) is 12.5. The van der Waals surface area contributed by atoms with E-state index in [-0.39, 0.29) is 0 Å². The Morgan fingerprint density at radius 1 is 0.696 bits per heavy atom. The average molecular weight is 328 g/mol. The Morgan fingerprint density at radius 2 is 1.30 bits per heavy atom. The van der Waals surface area contributed by atoms with Gasteiger partial charge in [-0.15, -0.1) is 28.6 Å². The van der Waals surface area contributed by atoms with Crippen molar-refractivity contribution in [1.29, 1.82) is 0 Å². The fourth-order valence-electron chi connectivity index (χ4n) is 2.67. The molecule has 0 radical (unpaired) electrons. The Labute approximate surface area is 143 Å². The molecule has 0 saturated carbocycles. The van der Waals surface area contributed by atoms with Crippen molar-refractivity contribution < 1.29 is 0 Å². The number of hydrogen-bond acceptors (Lipinski definition) is 2. The standard InChI is InChI=1S/C21H12S2/c1-2-6-16-18-11-13-23-21(18)17(19-12-14-22-20(16)19)10-9-15-7-4-3-5-8-15/h3-5,7-8,11-14H,1H3. The van der Waals surface area contributed by atoms with Crippen LogP contribution in [0.15, 0.2) is 53.2 Å². The highest BCUT2D eigenvalue weighted by Gasteiger charge is 2.13. The van der Waals surface area contributed by atoms with E-state index in [1.54, 1.807) is 22.7 Å². The van der Waals surface area contributed by atoms with Crippen LogP contribution >= 0.6 is 22.7 Å². The predicted molar refractivity (Wildman–Crippen MR) is 102 cm³/mol. The molecule has 23 heavy (non-hydrogen) atoms. The van der Waals surface area contributed by atoms with Crippen LogP contribution in [-0.4, -0.2) is 0 Å². The summed E-state index contributed by atoms with van der Waals surface area (Å²) in [5.41, 5.74) is 3.30. The summed E-state index contributed by atoms with van der Waals surface area (Å²) in [7, 11) is 0. The van der Waals surface area contributed by atoms with Crippen LogP contribution in [0.4, 0.5) is 0 Å². The van der Waals surface area contributed by atoms with Crippen LogP contribution in [0, 0.1) is 23.7 Å². The first-order valence-electron chi connectivity index (χ1n) is 7.28. The lowest BCUT2D eigenvalue weighted by atomic mass is 10.0. The van der Waals surface area contributed by atoms with Crippen LogP contribution in [0.1, 0.15) is 23.6 Å². The molecule has 0 atom stereocenters. The molecule has 0 unspecified atom stereocenters. The summed E-state index contributed by atoms with van der Waals surface area (Å²) in [5, 5.41) is 6.69. The van der Waals surface area contributed by atoms with Crippen LogP contribution in [0.25, 0.3) is 20.2 Å². The maximum Gasteiger partial charge on any atom is 0.0519 e. The summed E-state index contributed by atoms with van der Waals surface area (Å²) < 4.78 is 2.47. The molecule has 0 bridgehead atoms. The summed E-state index contributed by atoms with van der Waals surface area (Å²) in [6.07, 6.45) is 0. The normalized spacial score (nSPS) is 10.1. The van der Waals surface area contributed by atoms with Gasteiger partial charge in [0.05, 0.1) is 20.5 Å². The maximum absolute atomic E-state index is 3.41. The number of fused-ring (bicyclic) bond motifs is 2. The van der Waals surface area contributed by atoms with Crippen molar-refractivity contribution in [2.75, 3.05) is 0 Å². The van der Waals surface area contributed by atoms with Gasteiger partial charge in [-0.25, -0.2) is 0 Å². The van der Waals surface area contributed by atoms with Gasteiger partial charge in [0.2, 0.25) is 0 Å². The largest absolute Gasteiger partial charge is 0.142 e. The molecule has 2 heterocycles. The first-order chi connectivity index (χ1) is 11.4. The topological polar surface area (TPSA) is 0 Å². The minimum Gasteiger partial charge on any atom is -0.142 e. The molecule has 4 aromatic rings. The van der Waals surface area contributed by atoms with Crippen molar-refractivity contribution in [3.63, 3.8) is 0 Å². The lowest BCUT2D eigenvalue weighted by molar-refractivity contribution is 1.65. The minimum atomic E-state index is 1.04. The van der Waals surface area contributed by atoms with E-state index in [0.29, 0.717) is 0 Å². The van der Waals surface area contributed by atoms with E-state index < -0.39 is 0 Å². The van der Waals surface area contributed by atoms with Crippen molar-refractivity contribution in [2.45, 2.75) is 6.92 Å². The first kappa shape index (κ1) is 14.1. The molecule has 0 amide bonds. The van der Waals surface area contributed by atoms with E-state index in [1.165, 1.54) is 20.2 Å². The lowest BCUT2D eigenvalue weighted by Crippen LogP contribution is -1.84. The second-order valence-corrected chi connectivity index (χ2v) is 6.90. The summed E-state index contributed by atoms with van der Waals surface area (Å²) in [4.78, 5) is 0. The Morgan fingerprint density at radius 3 is 1.91 bits per heavy atom. The van der Waals surface area contributed by atoms with Gasteiger partial charge in [-0.3, -0.25) is 0 Å². The predicted octanol–water partition coefficient (Wildman–Crippen LogP) is 5.89.